The summed E-state index contributed by atoms with van der Waals surface area (Å²) < 4.78 is 12.1. The van der Waals surface area contributed by atoms with Crippen LogP contribution in [0.2, 0.25) is 0 Å². The van der Waals surface area contributed by atoms with Crippen LogP contribution in [-0.2, 0) is 16.1 Å². The molecule has 2 N–H and O–H groups in total. The summed E-state index contributed by atoms with van der Waals surface area (Å²) in [4.78, 5) is 0. The van der Waals surface area contributed by atoms with Gasteiger partial charge in [0.1, 0.15) is 0 Å². The van der Waals surface area contributed by atoms with Gasteiger partial charge in [0, 0.05) is 23.4 Å². The van der Waals surface area contributed by atoms with Crippen LogP contribution in [0.25, 0.3) is 0 Å². The average molecular weight is 331 g/mol. The fourth-order valence-corrected chi connectivity index (χ4v) is 2.58. The number of hydrogen-bond donors (Lipinski definition) is 2. The Kier molecular flexibility index (Phi) is 4.97. The van der Waals surface area contributed by atoms with E-state index in [-0.39, 0.29) is 18.6 Å². The highest BCUT2D eigenvalue weighted by Crippen LogP contribution is 2.32. The second-order valence-electron chi connectivity index (χ2n) is 5.12. The van der Waals surface area contributed by atoms with Gasteiger partial charge in [0.05, 0.1) is 19.3 Å². The monoisotopic (exact) mass is 330 g/mol. The minimum absolute atomic E-state index is 0.00244. The predicted molar refractivity (Wildman–Crippen MR) is 74.5 cm³/mol. The normalized spacial score (nSPS) is 30.7. The van der Waals surface area contributed by atoms with Crippen LogP contribution in [0.5, 0.6) is 0 Å². The topological polar surface area (TPSA) is 58.9 Å². The molecule has 0 amide bonds. The van der Waals surface area contributed by atoms with Crippen LogP contribution in [0, 0.1) is 5.92 Å². The molecule has 19 heavy (non-hydrogen) atoms. The number of hydrogen-bond acceptors (Lipinski definition) is 4. The molecule has 1 aromatic carbocycles. The molecule has 106 valence electrons. The van der Waals surface area contributed by atoms with Crippen LogP contribution in [0.3, 0.4) is 0 Å². The van der Waals surface area contributed by atoms with E-state index >= 15 is 0 Å². The van der Waals surface area contributed by atoms with E-state index in [1.165, 1.54) is 0 Å². The minimum Gasteiger partial charge on any atom is -0.396 e. The maximum atomic E-state index is 9.82. The first kappa shape index (κ1) is 14.9. The minimum atomic E-state index is -1.15. The van der Waals surface area contributed by atoms with Crippen molar-refractivity contribution in [3.8, 4) is 0 Å². The lowest BCUT2D eigenvalue weighted by Crippen LogP contribution is -2.27. The summed E-state index contributed by atoms with van der Waals surface area (Å²) in [6.07, 6.45) is 0.186. The van der Waals surface area contributed by atoms with Crippen LogP contribution in [0.1, 0.15) is 18.9 Å². The highest BCUT2D eigenvalue weighted by Gasteiger charge is 2.41. The Morgan fingerprint density at radius 1 is 1.42 bits per heavy atom. The molecule has 1 aliphatic heterocycles. The molecule has 0 aliphatic carbocycles. The molecule has 1 unspecified atom stereocenters. The molecular weight excluding hydrogens is 312 g/mol. The molecule has 4 nitrogen and oxygen atoms in total. The Morgan fingerprint density at radius 3 is 2.74 bits per heavy atom. The SMILES string of the molecule is CC1(O)C[C@H](CO)[C@@H](COCc2ccc(Br)cc2)O1. The van der Waals surface area contributed by atoms with E-state index in [4.69, 9.17) is 9.47 Å². The molecule has 1 heterocycles. The molecule has 1 aliphatic rings. The number of rotatable bonds is 5. The molecule has 0 bridgehead atoms. The molecule has 1 saturated heterocycles. The van der Waals surface area contributed by atoms with Gasteiger partial charge in [-0.2, -0.15) is 0 Å². The van der Waals surface area contributed by atoms with Crippen LogP contribution in [0.4, 0.5) is 0 Å². The van der Waals surface area contributed by atoms with Crippen LogP contribution >= 0.6 is 15.9 Å². The highest BCUT2D eigenvalue weighted by molar-refractivity contribution is 9.10. The molecule has 1 aromatic rings. The number of ether oxygens (including phenoxy) is 2. The lowest BCUT2D eigenvalue weighted by atomic mass is 10.00. The lowest BCUT2D eigenvalue weighted by molar-refractivity contribution is -0.188. The maximum Gasteiger partial charge on any atom is 0.163 e. The van der Waals surface area contributed by atoms with Gasteiger partial charge in [-0.3, -0.25) is 0 Å². The Balaban J connectivity index is 1.80. The third-order valence-electron chi connectivity index (χ3n) is 3.27. The fraction of sp³-hybridized carbons (Fsp3) is 0.571. The van der Waals surface area contributed by atoms with Crippen molar-refractivity contribution in [3.63, 3.8) is 0 Å². The van der Waals surface area contributed by atoms with Crippen LogP contribution in [0.15, 0.2) is 28.7 Å². The van der Waals surface area contributed by atoms with Gasteiger partial charge in [0.25, 0.3) is 0 Å². The smallest absolute Gasteiger partial charge is 0.163 e. The van der Waals surface area contributed by atoms with Crippen molar-refractivity contribution >= 4 is 15.9 Å². The summed E-state index contributed by atoms with van der Waals surface area (Å²) in [5.74, 6) is -1.22. The number of halogens is 1. The van der Waals surface area contributed by atoms with Crippen molar-refractivity contribution in [2.24, 2.45) is 5.92 Å². The van der Waals surface area contributed by atoms with Crippen molar-refractivity contribution in [2.45, 2.75) is 31.8 Å². The van der Waals surface area contributed by atoms with Crippen LogP contribution in [-0.4, -0.2) is 35.3 Å². The van der Waals surface area contributed by atoms with Gasteiger partial charge in [-0.25, -0.2) is 0 Å². The Bertz CT molecular complexity index is 404. The van der Waals surface area contributed by atoms with E-state index in [0.717, 1.165) is 10.0 Å². The highest BCUT2D eigenvalue weighted by atomic mass is 79.9. The van der Waals surface area contributed by atoms with E-state index in [1.54, 1.807) is 6.92 Å². The number of aliphatic hydroxyl groups is 2. The third-order valence-corrected chi connectivity index (χ3v) is 3.80. The fourth-order valence-electron chi connectivity index (χ4n) is 2.31. The van der Waals surface area contributed by atoms with E-state index in [0.29, 0.717) is 19.6 Å². The molecule has 5 heteroatoms. The third kappa shape index (κ3) is 4.26. The summed E-state index contributed by atoms with van der Waals surface area (Å²) in [6, 6.07) is 7.90. The predicted octanol–water partition coefficient (Wildman–Crippen LogP) is 2.07. The standard InChI is InChI=1S/C14H19BrO4/c1-14(17)6-11(7-16)13(19-14)9-18-8-10-2-4-12(15)5-3-10/h2-5,11,13,16-17H,6-9H2,1H3/t11-,13-,14?/m1/s1. The van der Waals surface area contributed by atoms with Crippen LogP contribution < -0.4 is 0 Å². The van der Waals surface area contributed by atoms with Gasteiger partial charge in [-0.15, -0.1) is 0 Å². The van der Waals surface area contributed by atoms with Crippen molar-refractivity contribution in [1.29, 1.82) is 0 Å². The Hall–Kier alpha value is -0.460. The molecule has 0 radical (unpaired) electrons. The Morgan fingerprint density at radius 2 is 2.11 bits per heavy atom. The number of benzene rings is 1. The Labute approximate surface area is 121 Å². The summed E-state index contributed by atoms with van der Waals surface area (Å²) in [5.41, 5.74) is 1.08. The largest absolute Gasteiger partial charge is 0.396 e. The van der Waals surface area contributed by atoms with E-state index in [9.17, 15) is 10.2 Å². The quantitative estimate of drug-likeness (QED) is 0.867. The number of aliphatic hydroxyl groups excluding tert-OH is 1. The van der Waals surface area contributed by atoms with Gasteiger partial charge in [-0.05, 0) is 24.6 Å². The van der Waals surface area contributed by atoms with Gasteiger partial charge < -0.3 is 19.7 Å². The first-order valence-electron chi connectivity index (χ1n) is 6.33. The zero-order valence-electron chi connectivity index (χ0n) is 10.9. The molecular formula is C14H19BrO4. The second kappa shape index (κ2) is 6.33. The average Bonchev–Trinajstić information content (AvgIpc) is 2.66. The van der Waals surface area contributed by atoms with Crippen molar-refractivity contribution in [2.75, 3.05) is 13.2 Å². The van der Waals surface area contributed by atoms with E-state index < -0.39 is 5.79 Å². The van der Waals surface area contributed by atoms with E-state index in [1.807, 2.05) is 24.3 Å². The zero-order chi connectivity index (χ0) is 13.9. The molecule has 0 aromatic heterocycles. The summed E-state index contributed by atoms with van der Waals surface area (Å²) >= 11 is 3.38. The molecule has 0 spiro atoms. The first-order valence-corrected chi connectivity index (χ1v) is 7.13. The molecule has 2 rings (SSSR count). The summed E-state index contributed by atoms with van der Waals surface area (Å²) in [7, 11) is 0. The van der Waals surface area contributed by atoms with Gasteiger partial charge in [-0.1, -0.05) is 28.1 Å². The summed E-state index contributed by atoms with van der Waals surface area (Å²) in [6.45, 7) is 2.48. The molecule has 3 atom stereocenters. The van der Waals surface area contributed by atoms with Crippen molar-refractivity contribution in [3.05, 3.63) is 34.3 Å². The van der Waals surface area contributed by atoms with Crippen molar-refractivity contribution in [1.82, 2.24) is 0 Å². The first-order chi connectivity index (χ1) is 9.00. The second-order valence-corrected chi connectivity index (χ2v) is 6.04. The van der Waals surface area contributed by atoms with Crippen molar-refractivity contribution < 1.29 is 19.7 Å². The van der Waals surface area contributed by atoms with Gasteiger partial charge in [0.2, 0.25) is 0 Å². The zero-order valence-corrected chi connectivity index (χ0v) is 12.5. The van der Waals surface area contributed by atoms with Gasteiger partial charge in [0.15, 0.2) is 5.79 Å². The van der Waals surface area contributed by atoms with E-state index in [2.05, 4.69) is 15.9 Å². The lowest BCUT2D eigenvalue weighted by Gasteiger charge is -2.18. The molecule has 0 saturated carbocycles. The van der Waals surface area contributed by atoms with Gasteiger partial charge >= 0.3 is 0 Å². The molecule has 1 fully saturated rings. The summed E-state index contributed by atoms with van der Waals surface area (Å²) in [5, 5.41) is 19.1. The maximum absolute atomic E-state index is 9.82.